The lowest BCUT2D eigenvalue weighted by Gasteiger charge is -2.25. The van der Waals surface area contributed by atoms with Gasteiger partial charge in [-0.25, -0.2) is 4.98 Å². The zero-order valence-corrected chi connectivity index (χ0v) is 25.0. The van der Waals surface area contributed by atoms with E-state index in [1.165, 1.54) is 0 Å². The Morgan fingerprint density at radius 3 is 1.43 bits per heavy atom. The molecule has 0 atom stereocenters. The van der Waals surface area contributed by atoms with Crippen LogP contribution in [0, 0.1) is 0 Å². The predicted octanol–water partition coefficient (Wildman–Crippen LogP) is 10.3. The summed E-state index contributed by atoms with van der Waals surface area (Å²) in [5, 5.41) is 0. The number of nitrogens with zero attached hydrogens (tertiary/aromatic N) is 5. The summed E-state index contributed by atoms with van der Waals surface area (Å²) in [7, 11) is 0. The fourth-order valence-electron chi connectivity index (χ4n) is 5.86. The van der Waals surface area contributed by atoms with E-state index in [2.05, 4.69) is 149 Å². The Hall–Kier alpha value is -6.33. The summed E-state index contributed by atoms with van der Waals surface area (Å²) in [6.07, 6.45) is 3.69. The number of aromatic nitrogens is 4. The average Bonchev–Trinajstić information content (AvgIpc) is 3.53. The van der Waals surface area contributed by atoms with E-state index in [0.29, 0.717) is 0 Å². The molecule has 0 saturated carbocycles. The van der Waals surface area contributed by atoms with Crippen LogP contribution >= 0.6 is 0 Å². The molecule has 0 aliphatic heterocycles. The van der Waals surface area contributed by atoms with Crippen molar-refractivity contribution >= 4 is 28.1 Å². The number of fused-ring (bicyclic) bond motifs is 1. The summed E-state index contributed by atoms with van der Waals surface area (Å²) in [6.45, 7) is 0. The largest absolute Gasteiger partial charge is 0.311 e. The third-order valence-electron chi connectivity index (χ3n) is 8.12. The molecule has 5 heteroatoms. The molecule has 6 aromatic carbocycles. The molecule has 0 bridgehead atoms. The van der Waals surface area contributed by atoms with Crippen LogP contribution in [0.2, 0.25) is 0 Å². The first kappa shape index (κ1) is 27.2. The number of hydrogen-bond donors (Lipinski definition) is 0. The van der Waals surface area contributed by atoms with Crippen LogP contribution in [-0.2, 0) is 0 Å². The molecular formula is C41H29N5. The van der Waals surface area contributed by atoms with E-state index in [4.69, 9.17) is 15.0 Å². The van der Waals surface area contributed by atoms with Crippen molar-refractivity contribution in [3.8, 4) is 39.6 Å². The zero-order valence-electron chi connectivity index (χ0n) is 25.0. The van der Waals surface area contributed by atoms with Crippen molar-refractivity contribution in [1.82, 2.24) is 19.5 Å². The molecule has 46 heavy (non-hydrogen) atoms. The Balaban J connectivity index is 1.06. The minimum absolute atomic E-state index is 0.822. The van der Waals surface area contributed by atoms with Gasteiger partial charge < -0.3 is 4.90 Å². The van der Waals surface area contributed by atoms with Crippen molar-refractivity contribution in [1.29, 1.82) is 0 Å². The molecule has 2 aromatic heterocycles. The van der Waals surface area contributed by atoms with Crippen LogP contribution in [0.1, 0.15) is 0 Å². The highest BCUT2D eigenvalue weighted by Crippen LogP contribution is 2.35. The highest BCUT2D eigenvalue weighted by molar-refractivity contribution is 5.84. The maximum atomic E-state index is 4.99. The minimum Gasteiger partial charge on any atom is -0.311 e. The van der Waals surface area contributed by atoms with Crippen LogP contribution in [-0.4, -0.2) is 19.5 Å². The molecule has 0 N–H and O–H groups in total. The van der Waals surface area contributed by atoms with Crippen molar-refractivity contribution in [2.75, 3.05) is 4.90 Å². The summed E-state index contributed by atoms with van der Waals surface area (Å²) >= 11 is 0. The lowest BCUT2D eigenvalue weighted by molar-refractivity contribution is 1.10. The smallest absolute Gasteiger partial charge is 0.145 e. The molecule has 0 spiro atoms. The maximum Gasteiger partial charge on any atom is 0.145 e. The topological polar surface area (TPSA) is 46.8 Å². The average molecular weight is 592 g/mol. The number of rotatable bonds is 7. The molecule has 0 radical (unpaired) electrons. The summed E-state index contributed by atoms with van der Waals surface area (Å²) in [5.74, 6) is 0.905. The molecular weight excluding hydrogens is 562 g/mol. The van der Waals surface area contributed by atoms with Crippen LogP contribution in [0.3, 0.4) is 0 Å². The van der Waals surface area contributed by atoms with Gasteiger partial charge in [0.2, 0.25) is 0 Å². The fourth-order valence-corrected chi connectivity index (χ4v) is 5.86. The number of benzene rings is 6. The Morgan fingerprint density at radius 2 is 0.870 bits per heavy atom. The van der Waals surface area contributed by atoms with Crippen LogP contribution in [0.25, 0.3) is 50.6 Å². The number of hydrogen-bond acceptors (Lipinski definition) is 4. The van der Waals surface area contributed by atoms with E-state index in [0.717, 1.165) is 67.7 Å². The summed E-state index contributed by atoms with van der Waals surface area (Å²) in [5.41, 5.74) is 11.1. The minimum atomic E-state index is 0.822. The van der Waals surface area contributed by atoms with Gasteiger partial charge >= 0.3 is 0 Å². The lowest BCUT2D eigenvalue weighted by Crippen LogP contribution is -2.09. The highest BCUT2D eigenvalue weighted by Gasteiger charge is 2.15. The molecule has 5 nitrogen and oxygen atoms in total. The maximum absolute atomic E-state index is 4.99. The molecule has 0 aliphatic carbocycles. The van der Waals surface area contributed by atoms with Gasteiger partial charge in [-0.05, 0) is 60.7 Å². The second-order valence-electron chi connectivity index (χ2n) is 11.0. The quantitative estimate of drug-likeness (QED) is 0.185. The number of imidazole rings is 1. The van der Waals surface area contributed by atoms with E-state index in [-0.39, 0.29) is 0 Å². The van der Waals surface area contributed by atoms with Crippen molar-refractivity contribution < 1.29 is 0 Å². The highest BCUT2D eigenvalue weighted by atomic mass is 15.1. The second-order valence-corrected chi connectivity index (χ2v) is 11.0. The summed E-state index contributed by atoms with van der Waals surface area (Å²) < 4.78 is 2.21. The molecule has 8 aromatic rings. The van der Waals surface area contributed by atoms with Crippen molar-refractivity contribution in [3.63, 3.8) is 0 Å². The number of anilines is 3. The monoisotopic (exact) mass is 591 g/mol. The summed E-state index contributed by atoms with van der Waals surface area (Å²) in [4.78, 5) is 16.8. The fraction of sp³-hybridized carbons (Fsp3) is 0. The predicted molar refractivity (Wildman–Crippen MR) is 188 cm³/mol. The molecule has 0 saturated heterocycles. The molecule has 8 rings (SSSR count). The molecule has 0 aliphatic rings. The van der Waals surface area contributed by atoms with Gasteiger partial charge in [-0.2, -0.15) is 0 Å². The summed E-state index contributed by atoms with van der Waals surface area (Å²) in [6, 6.07) is 56.3. The SMILES string of the molecule is c1ccc(N(c2ccccc2)c2ccc(-c3cnc(-c4ccc(-c5nc6ccccc6n5-c5ccccc5)cc4)cn3)cc2)cc1. The van der Waals surface area contributed by atoms with Crippen LogP contribution in [0.4, 0.5) is 17.1 Å². The Bertz CT molecular complexity index is 2170. The van der Waals surface area contributed by atoms with Crippen LogP contribution in [0.5, 0.6) is 0 Å². The van der Waals surface area contributed by atoms with Gasteiger partial charge in [0.15, 0.2) is 0 Å². The molecule has 2 heterocycles. The Labute approximate surface area is 267 Å². The first-order valence-corrected chi connectivity index (χ1v) is 15.3. The van der Waals surface area contributed by atoms with E-state index in [1.807, 2.05) is 36.7 Å². The zero-order chi connectivity index (χ0) is 30.7. The second kappa shape index (κ2) is 12.0. The molecule has 0 fully saturated rings. The van der Waals surface area contributed by atoms with Crippen LogP contribution in [0.15, 0.2) is 176 Å². The van der Waals surface area contributed by atoms with Gasteiger partial charge in [0.1, 0.15) is 5.82 Å². The van der Waals surface area contributed by atoms with Crippen LogP contribution < -0.4 is 4.90 Å². The van der Waals surface area contributed by atoms with E-state index < -0.39 is 0 Å². The van der Waals surface area contributed by atoms with Crippen molar-refractivity contribution in [2.24, 2.45) is 0 Å². The van der Waals surface area contributed by atoms with Crippen molar-refractivity contribution in [2.45, 2.75) is 0 Å². The standard InChI is InChI=1S/C41H29N5/c1-4-12-33(13-5-1)45(34-14-6-2-7-15-34)36-26-24-31(25-27-36)39-29-42-38(28-43-39)30-20-22-32(23-21-30)41-44-37-18-10-11-19-40(37)46(41)35-16-8-3-9-17-35/h1-29H. The van der Waals surface area contributed by atoms with Gasteiger partial charge in [-0.3, -0.25) is 14.5 Å². The first-order valence-electron chi connectivity index (χ1n) is 15.3. The number of para-hydroxylation sites is 5. The van der Waals surface area contributed by atoms with Gasteiger partial charge in [0.25, 0.3) is 0 Å². The first-order chi connectivity index (χ1) is 22.8. The van der Waals surface area contributed by atoms with Gasteiger partial charge in [0.05, 0.1) is 34.8 Å². The van der Waals surface area contributed by atoms with Gasteiger partial charge in [-0.1, -0.05) is 103 Å². The Kier molecular flexibility index (Phi) is 7.09. The Morgan fingerprint density at radius 1 is 0.413 bits per heavy atom. The third kappa shape index (κ3) is 5.20. The molecule has 0 amide bonds. The molecule has 218 valence electrons. The van der Waals surface area contributed by atoms with Crippen molar-refractivity contribution in [3.05, 3.63) is 176 Å². The normalized spacial score (nSPS) is 11.0. The van der Waals surface area contributed by atoms with E-state index in [1.54, 1.807) is 0 Å². The third-order valence-corrected chi connectivity index (χ3v) is 8.12. The van der Waals surface area contributed by atoms with E-state index in [9.17, 15) is 0 Å². The van der Waals surface area contributed by atoms with Gasteiger partial charge in [-0.15, -0.1) is 0 Å². The van der Waals surface area contributed by atoms with E-state index >= 15 is 0 Å². The lowest BCUT2D eigenvalue weighted by atomic mass is 10.1. The molecule has 0 unspecified atom stereocenters. The van der Waals surface area contributed by atoms with Gasteiger partial charge in [0, 0.05) is 39.4 Å².